The molecule has 8 nitrogen and oxygen atoms in total. The first kappa shape index (κ1) is 20.7. The molecule has 0 aliphatic heterocycles. The maximum Gasteiger partial charge on any atom is 0.254 e. The molecule has 0 aliphatic carbocycles. The maximum absolute atomic E-state index is 13.6. The Kier molecular flexibility index (Phi) is 5.48. The third kappa shape index (κ3) is 4.03. The van der Waals surface area contributed by atoms with E-state index in [2.05, 4.69) is 40.6 Å². The number of aryl methyl sites for hydroxylation is 1. The van der Waals surface area contributed by atoms with Crippen LogP contribution < -0.4 is 4.74 Å². The molecule has 0 aliphatic rings. The van der Waals surface area contributed by atoms with Crippen molar-refractivity contribution < 1.29 is 13.9 Å². The van der Waals surface area contributed by atoms with Crippen molar-refractivity contribution in [2.45, 2.75) is 26.4 Å². The zero-order valence-corrected chi connectivity index (χ0v) is 18.4. The number of carbonyl (C=O) groups excluding carboxylic acids is 1. The van der Waals surface area contributed by atoms with Crippen LogP contribution in [0.25, 0.3) is 16.6 Å². The second-order valence-corrected chi connectivity index (χ2v) is 7.80. The first-order chi connectivity index (χ1) is 16.2. The van der Waals surface area contributed by atoms with Gasteiger partial charge < -0.3 is 14.1 Å². The minimum Gasteiger partial charge on any atom is -0.497 e. The van der Waals surface area contributed by atoms with Gasteiger partial charge in [0.1, 0.15) is 11.5 Å². The van der Waals surface area contributed by atoms with Crippen molar-refractivity contribution in [2.24, 2.45) is 0 Å². The number of nitrogens with zero attached hydrogens (tertiary/aromatic N) is 5. The number of benzene rings is 2. The second kappa shape index (κ2) is 8.74. The van der Waals surface area contributed by atoms with E-state index in [0.717, 1.165) is 22.9 Å². The number of hydrogen-bond acceptors (Lipinski definition) is 6. The Bertz CT molecular complexity index is 1430. The number of rotatable bonds is 7. The lowest BCUT2D eigenvalue weighted by molar-refractivity contribution is 0.0718. The molecule has 3 aromatic heterocycles. The van der Waals surface area contributed by atoms with Crippen LogP contribution in [0.1, 0.15) is 34.2 Å². The van der Waals surface area contributed by atoms with Crippen molar-refractivity contribution in [2.75, 3.05) is 7.11 Å². The first-order valence-electron chi connectivity index (χ1n) is 10.7. The predicted octanol–water partition coefficient (Wildman–Crippen LogP) is 4.28. The smallest absolute Gasteiger partial charge is 0.254 e. The molecule has 2 aromatic carbocycles. The van der Waals surface area contributed by atoms with Gasteiger partial charge in [-0.05, 0) is 70.9 Å². The molecular weight excluding hydrogens is 418 g/mol. The molecule has 0 radical (unpaired) electrons. The maximum atomic E-state index is 13.6. The van der Waals surface area contributed by atoms with Crippen molar-refractivity contribution in [1.82, 2.24) is 24.9 Å². The van der Waals surface area contributed by atoms with E-state index in [4.69, 9.17) is 9.15 Å². The molecule has 3 heterocycles. The molecule has 166 valence electrons. The van der Waals surface area contributed by atoms with Crippen molar-refractivity contribution in [3.05, 3.63) is 89.4 Å². The number of hydrogen-bond donors (Lipinski definition) is 0. The average molecular weight is 441 g/mol. The van der Waals surface area contributed by atoms with Gasteiger partial charge in [0.2, 0.25) is 0 Å². The van der Waals surface area contributed by atoms with E-state index in [9.17, 15) is 4.79 Å². The minimum atomic E-state index is -0.140. The second-order valence-electron chi connectivity index (χ2n) is 7.80. The molecule has 8 heteroatoms. The number of fused-ring (bicyclic) bond motifs is 3. The molecule has 0 N–H and O–H groups in total. The Morgan fingerprint density at radius 1 is 1.09 bits per heavy atom. The minimum absolute atomic E-state index is 0.140. The van der Waals surface area contributed by atoms with Crippen LogP contribution in [0.4, 0.5) is 0 Å². The van der Waals surface area contributed by atoms with Crippen molar-refractivity contribution in [3.8, 4) is 5.75 Å². The summed E-state index contributed by atoms with van der Waals surface area (Å²) in [6.45, 7) is 2.74. The van der Waals surface area contributed by atoms with E-state index in [1.165, 1.54) is 5.56 Å². The fourth-order valence-electron chi connectivity index (χ4n) is 3.99. The molecule has 0 fully saturated rings. The Balaban J connectivity index is 1.58. The first-order valence-corrected chi connectivity index (χ1v) is 10.7. The largest absolute Gasteiger partial charge is 0.497 e. The van der Waals surface area contributed by atoms with Gasteiger partial charge in [-0.25, -0.2) is 0 Å². The normalized spacial score (nSPS) is 11.2. The number of amides is 1. The van der Waals surface area contributed by atoms with Crippen LogP contribution in [0.15, 0.2) is 71.3 Å². The van der Waals surface area contributed by atoms with Gasteiger partial charge >= 0.3 is 0 Å². The summed E-state index contributed by atoms with van der Waals surface area (Å²) in [7, 11) is 1.58. The van der Waals surface area contributed by atoms with Crippen LogP contribution in [0.2, 0.25) is 0 Å². The number of methoxy groups -OCH3 is 1. The fraction of sp³-hybridized carbons (Fsp3) is 0.200. The van der Waals surface area contributed by atoms with Gasteiger partial charge in [0.05, 0.1) is 32.0 Å². The Morgan fingerprint density at radius 3 is 2.79 bits per heavy atom. The Morgan fingerprint density at radius 2 is 2.00 bits per heavy atom. The standard InChI is InChI=1S/C25H23N5O3/c1-3-17-9-10-23-19(12-17)13-20(24-26-27-28-30(23)24)15-29(16-22-8-5-11-33-22)25(31)18-6-4-7-21(14-18)32-2/h4-14H,3,15-16H2,1-2H3. The molecule has 33 heavy (non-hydrogen) atoms. The van der Waals surface area contributed by atoms with E-state index in [-0.39, 0.29) is 5.91 Å². The highest BCUT2D eigenvalue weighted by Gasteiger charge is 2.21. The van der Waals surface area contributed by atoms with Crippen LogP contribution in [0.3, 0.4) is 0 Å². The topological polar surface area (TPSA) is 85.8 Å². The van der Waals surface area contributed by atoms with Crippen LogP contribution in [-0.2, 0) is 19.5 Å². The van der Waals surface area contributed by atoms with Gasteiger partial charge in [-0.1, -0.05) is 19.1 Å². The molecule has 0 unspecified atom stereocenters. The van der Waals surface area contributed by atoms with Gasteiger partial charge in [-0.2, -0.15) is 4.52 Å². The SMILES string of the molecule is CCc1ccc2c(c1)cc(CN(Cc1ccco1)C(=O)c1cccc(OC)c1)c1nnnn12. The van der Waals surface area contributed by atoms with E-state index < -0.39 is 0 Å². The molecule has 5 aromatic rings. The summed E-state index contributed by atoms with van der Waals surface area (Å²) >= 11 is 0. The summed E-state index contributed by atoms with van der Waals surface area (Å²) in [6, 6.07) is 19.1. The summed E-state index contributed by atoms with van der Waals surface area (Å²) in [5.41, 5.74) is 4.15. The van der Waals surface area contributed by atoms with E-state index in [1.807, 2.05) is 24.3 Å². The van der Waals surface area contributed by atoms with E-state index in [1.54, 1.807) is 41.0 Å². The summed E-state index contributed by atoms with van der Waals surface area (Å²) in [5, 5.41) is 13.3. The number of pyridine rings is 1. The van der Waals surface area contributed by atoms with Gasteiger partial charge in [-0.15, -0.1) is 5.10 Å². The zero-order chi connectivity index (χ0) is 22.8. The highest BCUT2D eigenvalue weighted by molar-refractivity contribution is 5.94. The van der Waals surface area contributed by atoms with Gasteiger partial charge in [0.25, 0.3) is 5.91 Å². The number of aromatic nitrogens is 4. The van der Waals surface area contributed by atoms with Gasteiger partial charge in [0.15, 0.2) is 5.65 Å². The third-order valence-corrected chi connectivity index (χ3v) is 5.71. The molecular formula is C25H23N5O3. The molecule has 0 atom stereocenters. The fourth-order valence-corrected chi connectivity index (χ4v) is 3.99. The quantitative estimate of drug-likeness (QED) is 0.375. The number of carbonyl (C=O) groups is 1. The summed E-state index contributed by atoms with van der Waals surface area (Å²) < 4.78 is 12.6. The number of furan rings is 1. The van der Waals surface area contributed by atoms with Crippen molar-refractivity contribution in [1.29, 1.82) is 0 Å². The van der Waals surface area contributed by atoms with Crippen molar-refractivity contribution in [3.63, 3.8) is 0 Å². The Labute approximate surface area is 190 Å². The molecule has 0 spiro atoms. The van der Waals surface area contributed by atoms with Crippen LogP contribution in [0, 0.1) is 0 Å². The molecule has 1 amide bonds. The third-order valence-electron chi connectivity index (χ3n) is 5.71. The summed E-state index contributed by atoms with van der Waals surface area (Å²) in [4.78, 5) is 15.3. The zero-order valence-electron chi connectivity index (χ0n) is 18.4. The van der Waals surface area contributed by atoms with Gasteiger partial charge in [-0.3, -0.25) is 4.79 Å². The van der Waals surface area contributed by atoms with Crippen LogP contribution in [-0.4, -0.2) is 38.0 Å². The monoisotopic (exact) mass is 441 g/mol. The lowest BCUT2D eigenvalue weighted by Crippen LogP contribution is -2.30. The van der Waals surface area contributed by atoms with Crippen LogP contribution in [0.5, 0.6) is 5.75 Å². The van der Waals surface area contributed by atoms with Gasteiger partial charge in [0, 0.05) is 16.5 Å². The summed E-state index contributed by atoms with van der Waals surface area (Å²) in [6.07, 6.45) is 2.53. The number of tetrazole rings is 1. The average Bonchev–Trinajstić information content (AvgIpc) is 3.55. The molecule has 5 rings (SSSR count). The summed E-state index contributed by atoms with van der Waals surface area (Å²) in [5.74, 6) is 1.18. The number of ether oxygens (including phenoxy) is 1. The van der Waals surface area contributed by atoms with E-state index in [0.29, 0.717) is 35.8 Å². The predicted molar refractivity (Wildman–Crippen MR) is 123 cm³/mol. The van der Waals surface area contributed by atoms with E-state index >= 15 is 0 Å². The van der Waals surface area contributed by atoms with Crippen LogP contribution >= 0.6 is 0 Å². The Hall–Kier alpha value is -4.20. The molecule has 0 saturated carbocycles. The molecule has 0 saturated heterocycles. The lowest BCUT2D eigenvalue weighted by atomic mass is 10.1. The van der Waals surface area contributed by atoms with Crippen molar-refractivity contribution >= 4 is 22.5 Å². The lowest BCUT2D eigenvalue weighted by Gasteiger charge is -2.22. The highest BCUT2D eigenvalue weighted by Crippen LogP contribution is 2.24. The highest BCUT2D eigenvalue weighted by atomic mass is 16.5. The molecule has 0 bridgehead atoms.